The van der Waals surface area contributed by atoms with Crippen LogP contribution in [0, 0.1) is 0 Å². The van der Waals surface area contributed by atoms with Crippen LogP contribution in [0.4, 0.5) is 5.95 Å². The van der Waals surface area contributed by atoms with Gasteiger partial charge in [0.05, 0.1) is 30.7 Å². The molecule has 146 valence electrons. The fourth-order valence-corrected chi connectivity index (χ4v) is 3.68. The van der Waals surface area contributed by atoms with Gasteiger partial charge >= 0.3 is 0 Å². The van der Waals surface area contributed by atoms with Crippen LogP contribution in [-0.2, 0) is 5.60 Å². The van der Waals surface area contributed by atoms with Crippen molar-refractivity contribution in [1.82, 2.24) is 9.97 Å². The predicted molar refractivity (Wildman–Crippen MR) is 107 cm³/mol. The monoisotopic (exact) mass is 381 g/mol. The highest BCUT2D eigenvalue weighted by Crippen LogP contribution is 2.37. The first-order chi connectivity index (χ1) is 13.5. The number of fused-ring (bicyclic) bond motifs is 1. The SMILES string of the molecule is COc1cc(OC)cc(C2(O)CCN(c3nc4ccccc4c(=O)[nH]3)CC2)c1. The van der Waals surface area contributed by atoms with Gasteiger partial charge in [-0.05, 0) is 42.7 Å². The third-order valence-electron chi connectivity index (χ3n) is 5.38. The van der Waals surface area contributed by atoms with Crippen LogP contribution in [-0.4, -0.2) is 42.4 Å². The van der Waals surface area contributed by atoms with Gasteiger partial charge in [0, 0.05) is 19.2 Å². The van der Waals surface area contributed by atoms with E-state index in [1.54, 1.807) is 26.4 Å². The van der Waals surface area contributed by atoms with Crippen LogP contribution in [0.1, 0.15) is 18.4 Å². The fraction of sp³-hybridized carbons (Fsp3) is 0.333. The number of para-hydroxylation sites is 1. The minimum Gasteiger partial charge on any atom is -0.497 e. The highest BCUT2D eigenvalue weighted by Gasteiger charge is 2.35. The van der Waals surface area contributed by atoms with E-state index >= 15 is 0 Å². The minimum absolute atomic E-state index is 0.154. The second-order valence-corrected chi connectivity index (χ2v) is 7.03. The maximum atomic E-state index is 12.3. The molecule has 1 aliphatic rings. The first-order valence-corrected chi connectivity index (χ1v) is 9.22. The van der Waals surface area contributed by atoms with Crippen LogP contribution < -0.4 is 19.9 Å². The molecular weight excluding hydrogens is 358 g/mol. The quantitative estimate of drug-likeness (QED) is 0.722. The number of aliphatic hydroxyl groups is 1. The summed E-state index contributed by atoms with van der Waals surface area (Å²) in [4.78, 5) is 21.8. The van der Waals surface area contributed by atoms with Crippen LogP contribution >= 0.6 is 0 Å². The maximum Gasteiger partial charge on any atom is 0.260 e. The lowest BCUT2D eigenvalue weighted by atomic mass is 9.84. The summed E-state index contributed by atoms with van der Waals surface area (Å²) in [5, 5.41) is 11.8. The molecule has 2 heterocycles. The molecule has 0 radical (unpaired) electrons. The van der Waals surface area contributed by atoms with Crippen molar-refractivity contribution in [3.05, 3.63) is 58.4 Å². The van der Waals surface area contributed by atoms with Crippen molar-refractivity contribution in [3.8, 4) is 11.5 Å². The zero-order valence-corrected chi connectivity index (χ0v) is 15.9. The highest BCUT2D eigenvalue weighted by molar-refractivity contribution is 5.78. The number of methoxy groups -OCH3 is 2. The van der Waals surface area contributed by atoms with E-state index in [4.69, 9.17) is 9.47 Å². The summed E-state index contributed by atoms with van der Waals surface area (Å²) in [7, 11) is 3.18. The first kappa shape index (κ1) is 18.3. The number of benzene rings is 2. The van der Waals surface area contributed by atoms with Crippen LogP contribution in [0.2, 0.25) is 0 Å². The maximum absolute atomic E-state index is 12.3. The second-order valence-electron chi connectivity index (χ2n) is 7.03. The lowest BCUT2D eigenvalue weighted by Gasteiger charge is -2.39. The van der Waals surface area contributed by atoms with E-state index in [0.29, 0.717) is 54.3 Å². The number of hydrogen-bond donors (Lipinski definition) is 2. The Labute approximate surface area is 162 Å². The summed E-state index contributed by atoms with van der Waals surface area (Å²) in [5.41, 5.74) is 0.289. The number of aromatic amines is 1. The smallest absolute Gasteiger partial charge is 0.260 e. The number of nitrogens with zero attached hydrogens (tertiary/aromatic N) is 2. The van der Waals surface area contributed by atoms with Gasteiger partial charge in [0.2, 0.25) is 5.95 Å². The van der Waals surface area contributed by atoms with Gasteiger partial charge in [-0.25, -0.2) is 4.98 Å². The number of rotatable bonds is 4. The predicted octanol–water partition coefficient (Wildman–Crippen LogP) is 2.43. The Bertz CT molecular complexity index is 1030. The number of nitrogens with one attached hydrogen (secondary N) is 1. The normalized spacial score (nSPS) is 16.2. The molecule has 2 aromatic carbocycles. The number of anilines is 1. The van der Waals surface area contributed by atoms with Gasteiger partial charge in [-0.15, -0.1) is 0 Å². The topological polar surface area (TPSA) is 87.7 Å². The summed E-state index contributed by atoms with van der Waals surface area (Å²) in [5.74, 6) is 1.82. The van der Waals surface area contributed by atoms with Crippen molar-refractivity contribution < 1.29 is 14.6 Å². The molecule has 0 saturated carbocycles. The Hall–Kier alpha value is -3.06. The lowest BCUT2D eigenvalue weighted by molar-refractivity contribution is 0.0112. The largest absolute Gasteiger partial charge is 0.497 e. The molecule has 1 fully saturated rings. The Morgan fingerprint density at radius 3 is 2.36 bits per heavy atom. The van der Waals surface area contributed by atoms with E-state index in [9.17, 15) is 9.90 Å². The Morgan fingerprint density at radius 2 is 1.71 bits per heavy atom. The molecule has 0 spiro atoms. The van der Waals surface area contributed by atoms with Crippen molar-refractivity contribution in [1.29, 1.82) is 0 Å². The average Bonchev–Trinajstić information content (AvgIpc) is 2.73. The highest BCUT2D eigenvalue weighted by atomic mass is 16.5. The molecule has 3 aromatic rings. The van der Waals surface area contributed by atoms with Crippen LogP contribution in [0.5, 0.6) is 11.5 Å². The Morgan fingerprint density at radius 1 is 1.07 bits per heavy atom. The van der Waals surface area contributed by atoms with Gasteiger partial charge in [0.1, 0.15) is 11.5 Å². The summed E-state index contributed by atoms with van der Waals surface area (Å²) in [6.07, 6.45) is 1.000. The number of piperidine rings is 1. The van der Waals surface area contributed by atoms with Gasteiger partial charge in [-0.2, -0.15) is 0 Å². The Kier molecular flexibility index (Phi) is 4.68. The third kappa shape index (κ3) is 3.29. The molecule has 1 aliphatic heterocycles. The van der Waals surface area contributed by atoms with E-state index < -0.39 is 5.60 Å². The van der Waals surface area contributed by atoms with E-state index in [2.05, 4.69) is 9.97 Å². The van der Waals surface area contributed by atoms with Crippen molar-refractivity contribution in [2.75, 3.05) is 32.2 Å². The summed E-state index contributed by atoms with van der Waals surface area (Å²) < 4.78 is 10.7. The average molecular weight is 381 g/mol. The molecule has 0 atom stereocenters. The van der Waals surface area contributed by atoms with Gasteiger partial charge in [0.25, 0.3) is 5.56 Å². The van der Waals surface area contributed by atoms with Gasteiger partial charge < -0.3 is 19.5 Å². The molecule has 28 heavy (non-hydrogen) atoms. The molecular formula is C21H23N3O4. The molecule has 0 aliphatic carbocycles. The molecule has 1 saturated heterocycles. The van der Waals surface area contributed by atoms with Crippen molar-refractivity contribution in [2.24, 2.45) is 0 Å². The molecule has 0 unspecified atom stereocenters. The standard InChI is InChI=1S/C21H23N3O4/c1-27-15-11-14(12-16(13-15)28-2)21(26)7-9-24(10-8-21)20-22-18-6-4-3-5-17(18)19(25)23-20/h3-6,11-13,26H,7-10H2,1-2H3,(H,22,23,25). The molecule has 2 N–H and O–H groups in total. The molecule has 0 bridgehead atoms. The second kappa shape index (κ2) is 7.16. The number of hydrogen-bond acceptors (Lipinski definition) is 6. The van der Waals surface area contributed by atoms with Crippen molar-refractivity contribution in [2.45, 2.75) is 18.4 Å². The molecule has 4 rings (SSSR count). The van der Waals surface area contributed by atoms with E-state index in [0.717, 1.165) is 5.56 Å². The third-order valence-corrected chi connectivity index (χ3v) is 5.38. The van der Waals surface area contributed by atoms with Crippen molar-refractivity contribution >= 4 is 16.9 Å². The van der Waals surface area contributed by atoms with Gasteiger partial charge in [-0.3, -0.25) is 9.78 Å². The number of ether oxygens (including phenoxy) is 2. The van der Waals surface area contributed by atoms with E-state index in [-0.39, 0.29) is 5.56 Å². The van der Waals surface area contributed by atoms with Gasteiger partial charge in [-0.1, -0.05) is 12.1 Å². The zero-order valence-electron chi connectivity index (χ0n) is 15.9. The van der Waals surface area contributed by atoms with Crippen LogP contribution in [0.15, 0.2) is 47.3 Å². The van der Waals surface area contributed by atoms with E-state index in [1.165, 1.54) is 0 Å². The van der Waals surface area contributed by atoms with Crippen LogP contribution in [0.3, 0.4) is 0 Å². The van der Waals surface area contributed by atoms with E-state index in [1.807, 2.05) is 35.2 Å². The summed E-state index contributed by atoms with van der Waals surface area (Å²) in [6.45, 7) is 1.13. The van der Waals surface area contributed by atoms with Crippen molar-refractivity contribution in [3.63, 3.8) is 0 Å². The van der Waals surface area contributed by atoms with Gasteiger partial charge in [0.15, 0.2) is 0 Å². The number of aromatic nitrogens is 2. The minimum atomic E-state index is -0.991. The molecule has 1 aromatic heterocycles. The number of H-pyrrole nitrogens is 1. The lowest BCUT2D eigenvalue weighted by Crippen LogP contribution is -2.43. The van der Waals surface area contributed by atoms with Crippen LogP contribution in [0.25, 0.3) is 10.9 Å². The molecule has 0 amide bonds. The summed E-state index contributed by atoms with van der Waals surface area (Å²) >= 11 is 0. The zero-order chi connectivity index (χ0) is 19.7. The molecule has 7 heteroatoms. The Balaban J connectivity index is 1.58. The summed E-state index contributed by atoms with van der Waals surface area (Å²) in [6, 6.07) is 12.7. The molecule has 7 nitrogen and oxygen atoms in total. The fourth-order valence-electron chi connectivity index (χ4n) is 3.68. The first-order valence-electron chi connectivity index (χ1n) is 9.22.